The van der Waals surface area contributed by atoms with Crippen LogP contribution in [0.2, 0.25) is 0 Å². The topological polar surface area (TPSA) is 71.5 Å². The number of methoxy groups -OCH3 is 1. The van der Waals surface area contributed by atoms with E-state index in [4.69, 9.17) is 4.74 Å². The minimum Gasteiger partial charge on any atom is -0.375 e. The SMILES string of the molecule is COCC(=O)N1CCC(C(=O)NCCc2nc(C)cs2)CC1. The Morgan fingerprint density at radius 1 is 1.45 bits per heavy atom. The summed E-state index contributed by atoms with van der Waals surface area (Å²) in [6.45, 7) is 3.97. The van der Waals surface area contributed by atoms with Crippen molar-refractivity contribution >= 4 is 23.2 Å². The summed E-state index contributed by atoms with van der Waals surface area (Å²) < 4.78 is 4.85. The number of carbonyl (C=O) groups excluding carboxylic acids is 2. The van der Waals surface area contributed by atoms with Crippen molar-refractivity contribution < 1.29 is 14.3 Å². The number of carbonyl (C=O) groups is 2. The summed E-state index contributed by atoms with van der Waals surface area (Å²) >= 11 is 1.63. The molecule has 0 spiro atoms. The predicted molar refractivity (Wildman–Crippen MR) is 84.7 cm³/mol. The molecule has 2 amide bonds. The fourth-order valence-corrected chi connectivity index (χ4v) is 3.34. The van der Waals surface area contributed by atoms with Crippen LogP contribution in [-0.4, -0.2) is 55.0 Å². The van der Waals surface area contributed by atoms with E-state index in [0.717, 1.165) is 30.0 Å². The monoisotopic (exact) mass is 325 g/mol. The molecular weight excluding hydrogens is 302 g/mol. The Hall–Kier alpha value is -1.47. The van der Waals surface area contributed by atoms with Gasteiger partial charge in [-0.2, -0.15) is 0 Å². The van der Waals surface area contributed by atoms with Gasteiger partial charge in [-0.3, -0.25) is 9.59 Å². The number of amides is 2. The van der Waals surface area contributed by atoms with Gasteiger partial charge in [0.05, 0.1) is 5.01 Å². The van der Waals surface area contributed by atoms with E-state index in [-0.39, 0.29) is 24.3 Å². The van der Waals surface area contributed by atoms with E-state index in [9.17, 15) is 9.59 Å². The number of nitrogens with one attached hydrogen (secondary N) is 1. The Kier molecular flexibility index (Phi) is 6.33. The molecule has 22 heavy (non-hydrogen) atoms. The molecule has 0 bridgehead atoms. The van der Waals surface area contributed by atoms with Crippen LogP contribution in [0.3, 0.4) is 0 Å². The molecule has 2 heterocycles. The molecule has 1 aromatic heterocycles. The van der Waals surface area contributed by atoms with Crippen molar-refractivity contribution in [2.75, 3.05) is 33.4 Å². The minimum atomic E-state index is 0.000461. The van der Waals surface area contributed by atoms with Gasteiger partial charge in [-0.25, -0.2) is 4.98 Å². The van der Waals surface area contributed by atoms with Gasteiger partial charge in [-0.1, -0.05) is 0 Å². The van der Waals surface area contributed by atoms with Gasteiger partial charge in [0.1, 0.15) is 6.61 Å². The number of aryl methyl sites for hydroxylation is 1. The predicted octanol–water partition coefficient (Wildman–Crippen LogP) is 0.995. The molecule has 1 aromatic rings. The van der Waals surface area contributed by atoms with Crippen LogP contribution >= 0.6 is 11.3 Å². The second kappa shape index (κ2) is 8.24. The third-order valence-corrected chi connectivity index (χ3v) is 4.82. The molecule has 122 valence electrons. The second-order valence-corrected chi connectivity index (χ2v) is 6.45. The fraction of sp³-hybridized carbons (Fsp3) is 0.667. The highest BCUT2D eigenvalue weighted by molar-refractivity contribution is 7.09. The molecule has 0 aromatic carbocycles. The fourth-order valence-electron chi connectivity index (χ4n) is 2.56. The van der Waals surface area contributed by atoms with Gasteiger partial charge in [0.25, 0.3) is 0 Å². The van der Waals surface area contributed by atoms with E-state index in [1.54, 1.807) is 16.2 Å². The van der Waals surface area contributed by atoms with Crippen molar-refractivity contribution in [1.82, 2.24) is 15.2 Å². The Morgan fingerprint density at radius 2 is 2.18 bits per heavy atom. The van der Waals surface area contributed by atoms with Gasteiger partial charge in [0.2, 0.25) is 11.8 Å². The summed E-state index contributed by atoms with van der Waals surface area (Å²) in [6.07, 6.45) is 2.21. The first-order valence-electron chi connectivity index (χ1n) is 7.55. The van der Waals surface area contributed by atoms with Crippen LogP contribution in [0, 0.1) is 12.8 Å². The molecule has 0 unspecified atom stereocenters. The number of hydrogen-bond acceptors (Lipinski definition) is 5. The molecule has 0 aliphatic carbocycles. The first-order valence-corrected chi connectivity index (χ1v) is 8.43. The number of rotatable bonds is 6. The Bertz CT molecular complexity index is 510. The van der Waals surface area contributed by atoms with Crippen molar-refractivity contribution in [3.05, 3.63) is 16.1 Å². The number of nitrogens with zero attached hydrogens (tertiary/aromatic N) is 2. The first kappa shape index (κ1) is 16.9. The molecule has 1 saturated heterocycles. The van der Waals surface area contributed by atoms with Gasteiger partial charge < -0.3 is 15.0 Å². The number of thiazole rings is 1. The molecular formula is C15H23N3O3S. The Balaban J connectivity index is 1.67. The summed E-state index contributed by atoms with van der Waals surface area (Å²) in [6, 6.07) is 0. The second-order valence-electron chi connectivity index (χ2n) is 5.51. The molecule has 1 N–H and O–H groups in total. The van der Waals surface area contributed by atoms with Crippen LogP contribution in [-0.2, 0) is 20.7 Å². The normalized spacial score (nSPS) is 15.8. The van der Waals surface area contributed by atoms with E-state index in [0.29, 0.717) is 19.6 Å². The number of aromatic nitrogens is 1. The maximum atomic E-state index is 12.1. The molecule has 0 saturated carbocycles. The summed E-state index contributed by atoms with van der Waals surface area (Å²) in [5, 5.41) is 6.05. The molecule has 0 atom stereocenters. The lowest BCUT2D eigenvalue weighted by atomic mass is 9.96. The minimum absolute atomic E-state index is 0.000461. The molecule has 7 heteroatoms. The number of hydrogen-bond donors (Lipinski definition) is 1. The first-order chi connectivity index (χ1) is 10.6. The van der Waals surface area contributed by atoms with Crippen LogP contribution in [0.1, 0.15) is 23.5 Å². The lowest BCUT2D eigenvalue weighted by molar-refractivity contribution is -0.138. The van der Waals surface area contributed by atoms with Gasteiger partial charge in [-0.15, -0.1) is 11.3 Å². The third kappa shape index (κ3) is 4.78. The van der Waals surface area contributed by atoms with Crippen LogP contribution in [0.5, 0.6) is 0 Å². The van der Waals surface area contributed by atoms with Gasteiger partial charge in [0, 0.05) is 50.2 Å². The van der Waals surface area contributed by atoms with E-state index >= 15 is 0 Å². The number of ether oxygens (including phenoxy) is 1. The van der Waals surface area contributed by atoms with Gasteiger partial charge >= 0.3 is 0 Å². The lowest BCUT2D eigenvalue weighted by Crippen LogP contribution is -2.44. The molecule has 2 rings (SSSR count). The largest absolute Gasteiger partial charge is 0.375 e. The van der Waals surface area contributed by atoms with E-state index in [1.807, 2.05) is 12.3 Å². The molecule has 1 aliphatic heterocycles. The quantitative estimate of drug-likeness (QED) is 0.847. The van der Waals surface area contributed by atoms with Crippen molar-refractivity contribution in [3.63, 3.8) is 0 Å². The van der Waals surface area contributed by atoms with Crippen LogP contribution in [0.4, 0.5) is 0 Å². The molecule has 0 radical (unpaired) electrons. The smallest absolute Gasteiger partial charge is 0.248 e. The number of piperidine rings is 1. The highest BCUT2D eigenvalue weighted by Crippen LogP contribution is 2.17. The zero-order valence-corrected chi connectivity index (χ0v) is 13.9. The van der Waals surface area contributed by atoms with Crippen molar-refractivity contribution in [3.8, 4) is 0 Å². The summed E-state index contributed by atoms with van der Waals surface area (Å²) in [5.41, 5.74) is 1.03. The van der Waals surface area contributed by atoms with E-state index in [2.05, 4.69) is 10.3 Å². The van der Waals surface area contributed by atoms with Crippen LogP contribution < -0.4 is 5.32 Å². The van der Waals surface area contributed by atoms with Crippen molar-refractivity contribution in [1.29, 1.82) is 0 Å². The molecule has 1 aliphatic rings. The van der Waals surface area contributed by atoms with Crippen LogP contribution in [0.15, 0.2) is 5.38 Å². The van der Waals surface area contributed by atoms with E-state index < -0.39 is 0 Å². The standard InChI is InChI=1S/C15H23N3O3S/c1-11-10-22-13(17-11)3-6-16-15(20)12-4-7-18(8-5-12)14(19)9-21-2/h10,12H,3-9H2,1-2H3,(H,16,20). The Morgan fingerprint density at radius 3 is 2.77 bits per heavy atom. The highest BCUT2D eigenvalue weighted by Gasteiger charge is 2.26. The summed E-state index contributed by atoms with van der Waals surface area (Å²) in [7, 11) is 1.52. The highest BCUT2D eigenvalue weighted by atomic mass is 32.1. The third-order valence-electron chi connectivity index (χ3n) is 3.79. The van der Waals surface area contributed by atoms with E-state index in [1.165, 1.54) is 7.11 Å². The zero-order chi connectivity index (χ0) is 15.9. The maximum absolute atomic E-state index is 12.1. The molecule has 1 fully saturated rings. The van der Waals surface area contributed by atoms with Crippen LogP contribution in [0.25, 0.3) is 0 Å². The van der Waals surface area contributed by atoms with Crippen molar-refractivity contribution in [2.45, 2.75) is 26.2 Å². The summed E-state index contributed by atoms with van der Waals surface area (Å²) in [5.74, 6) is 0.0947. The van der Waals surface area contributed by atoms with Crippen molar-refractivity contribution in [2.24, 2.45) is 5.92 Å². The maximum Gasteiger partial charge on any atom is 0.248 e. The van der Waals surface area contributed by atoms with Gasteiger partial charge in [-0.05, 0) is 19.8 Å². The molecule has 6 nitrogen and oxygen atoms in total. The summed E-state index contributed by atoms with van der Waals surface area (Å²) in [4.78, 5) is 30.0. The zero-order valence-electron chi connectivity index (χ0n) is 13.1. The Labute approximate surface area is 134 Å². The lowest BCUT2D eigenvalue weighted by Gasteiger charge is -2.31. The average Bonchev–Trinajstić information content (AvgIpc) is 2.93. The number of likely N-dealkylation sites (tertiary alicyclic amines) is 1. The average molecular weight is 325 g/mol. The van der Waals surface area contributed by atoms with Gasteiger partial charge in [0.15, 0.2) is 0 Å².